The summed E-state index contributed by atoms with van der Waals surface area (Å²) in [6, 6.07) is 0. The van der Waals surface area contributed by atoms with E-state index in [2.05, 4.69) is 26.7 Å². The molecule has 0 atom stereocenters. The first-order valence-electron chi connectivity index (χ1n) is 6.67. The van der Waals surface area contributed by atoms with Crippen molar-refractivity contribution in [3.05, 3.63) is 5.69 Å². The Balaban J connectivity index is 1.91. The third kappa shape index (κ3) is 3.92. The van der Waals surface area contributed by atoms with Gasteiger partial charge in [-0.25, -0.2) is 0 Å². The van der Waals surface area contributed by atoms with Gasteiger partial charge < -0.3 is 5.32 Å². The zero-order valence-corrected chi connectivity index (χ0v) is 11.4. The maximum atomic E-state index is 4.25. The van der Waals surface area contributed by atoms with Crippen LogP contribution in [-0.2, 0) is 6.54 Å². The van der Waals surface area contributed by atoms with Crippen molar-refractivity contribution >= 4 is 16.5 Å². The Morgan fingerprint density at radius 3 is 2.59 bits per heavy atom. The summed E-state index contributed by atoms with van der Waals surface area (Å²) in [5.74, 6) is 0. The molecule has 0 spiro atoms. The molecular formula is C12H22N4S. The zero-order valence-electron chi connectivity index (χ0n) is 10.6. The first-order valence-corrected chi connectivity index (χ1v) is 7.45. The minimum atomic E-state index is 0.941. The minimum Gasteiger partial charge on any atom is -0.374 e. The van der Waals surface area contributed by atoms with Gasteiger partial charge in [-0.3, -0.25) is 4.90 Å². The highest BCUT2D eigenvalue weighted by atomic mass is 32.1. The van der Waals surface area contributed by atoms with Crippen LogP contribution in [0.2, 0.25) is 0 Å². The second-order valence-electron chi connectivity index (χ2n) is 4.62. The predicted molar refractivity (Wildman–Crippen MR) is 72.4 cm³/mol. The van der Waals surface area contributed by atoms with Crippen LogP contribution in [0.15, 0.2) is 0 Å². The van der Waals surface area contributed by atoms with Crippen molar-refractivity contribution in [1.29, 1.82) is 0 Å². The van der Waals surface area contributed by atoms with Crippen LogP contribution >= 0.6 is 11.5 Å². The van der Waals surface area contributed by atoms with Crippen molar-refractivity contribution in [2.24, 2.45) is 0 Å². The van der Waals surface area contributed by atoms with Crippen LogP contribution in [0.1, 0.15) is 44.7 Å². The molecule has 1 fully saturated rings. The lowest BCUT2D eigenvalue weighted by Gasteiger charge is -2.23. The molecule has 1 aliphatic rings. The summed E-state index contributed by atoms with van der Waals surface area (Å²) < 4.78 is 4.05. The molecule has 5 heteroatoms. The number of rotatable bonds is 4. The first-order chi connectivity index (χ1) is 8.40. The molecule has 0 unspecified atom stereocenters. The third-order valence-electron chi connectivity index (χ3n) is 3.22. The predicted octanol–water partition coefficient (Wildman–Crippen LogP) is 2.74. The second kappa shape index (κ2) is 6.91. The molecule has 1 saturated heterocycles. The number of nitrogens with zero attached hydrogens (tertiary/aromatic N) is 3. The van der Waals surface area contributed by atoms with Gasteiger partial charge >= 0.3 is 0 Å². The molecule has 0 saturated carbocycles. The molecule has 17 heavy (non-hydrogen) atoms. The normalized spacial score (nSPS) is 18.6. The molecule has 96 valence electrons. The Kier molecular flexibility index (Phi) is 5.19. The average molecular weight is 254 g/mol. The van der Waals surface area contributed by atoms with Gasteiger partial charge in [-0.15, -0.1) is 5.10 Å². The molecule has 1 N–H and O–H groups in total. The summed E-state index contributed by atoms with van der Waals surface area (Å²) in [6.07, 6.45) is 6.83. The van der Waals surface area contributed by atoms with E-state index in [9.17, 15) is 0 Å². The summed E-state index contributed by atoms with van der Waals surface area (Å²) in [5.41, 5.74) is 1.12. The monoisotopic (exact) mass is 254 g/mol. The van der Waals surface area contributed by atoms with Gasteiger partial charge in [0.25, 0.3) is 0 Å². The molecule has 1 aliphatic heterocycles. The summed E-state index contributed by atoms with van der Waals surface area (Å²) >= 11 is 1.47. The highest BCUT2D eigenvalue weighted by Crippen LogP contribution is 2.20. The molecule has 4 nitrogen and oxygen atoms in total. The second-order valence-corrected chi connectivity index (χ2v) is 5.38. The highest BCUT2D eigenvalue weighted by molar-refractivity contribution is 7.10. The molecule has 0 amide bonds. The lowest BCUT2D eigenvalue weighted by Crippen LogP contribution is -2.27. The Labute approximate surface area is 108 Å². The fourth-order valence-electron chi connectivity index (χ4n) is 2.29. The van der Waals surface area contributed by atoms with Crippen molar-refractivity contribution in [3.63, 3.8) is 0 Å². The van der Waals surface area contributed by atoms with Crippen LogP contribution in [0.3, 0.4) is 0 Å². The number of hydrogen-bond acceptors (Lipinski definition) is 5. The number of anilines is 1. The van der Waals surface area contributed by atoms with Gasteiger partial charge in [0.15, 0.2) is 0 Å². The summed E-state index contributed by atoms with van der Waals surface area (Å²) in [7, 11) is 0. The van der Waals surface area contributed by atoms with E-state index in [1.807, 2.05) is 0 Å². The molecule has 0 aliphatic carbocycles. The largest absolute Gasteiger partial charge is 0.374 e. The van der Waals surface area contributed by atoms with E-state index >= 15 is 0 Å². The fourth-order valence-corrected chi connectivity index (χ4v) is 2.93. The lowest BCUT2D eigenvalue weighted by atomic mass is 10.1. The summed E-state index contributed by atoms with van der Waals surface area (Å²) in [5, 5.41) is 8.74. The average Bonchev–Trinajstić information content (AvgIpc) is 2.70. The van der Waals surface area contributed by atoms with E-state index in [1.54, 1.807) is 0 Å². The number of aromatic nitrogens is 2. The molecule has 1 aromatic rings. The fraction of sp³-hybridized carbons (Fsp3) is 0.833. The van der Waals surface area contributed by atoms with Crippen molar-refractivity contribution in [3.8, 4) is 0 Å². The van der Waals surface area contributed by atoms with E-state index in [1.165, 1.54) is 56.7 Å². The molecule has 0 radical (unpaired) electrons. The Morgan fingerprint density at radius 2 is 1.88 bits per heavy atom. The summed E-state index contributed by atoms with van der Waals surface area (Å²) in [4.78, 5) is 2.52. The molecule has 0 aromatic carbocycles. The molecular weight excluding hydrogens is 232 g/mol. The first kappa shape index (κ1) is 12.8. The molecule has 1 aromatic heterocycles. The standard InChI is InChI=1S/C12H22N4S/c1-2-13-12-11(14-15-17-12)10-16-8-6-4-3-5-7-9-16/h13H,2-10H2,1H3. The Morgan fingerprint density at radius 1 is 1.18 bits per heavy atom. The van der Waals surface area contributed by atoms with Crippen LogP contribution in [0.25, 0.3) is 0 Å². The van der Waals surface area contributed by atoms with Gasteiger partial charge in [0.05, 0.1) is 0 Å². The van der Waals surface area contributed by atoms with Crippen LogP contribution in [0.4, 0.5) is 5.00 Å². The van der Waals surface area contributed by atoms with E-state index in [4.69, 9.17) is 0 Å². The SMILES string of the molecule is CCNc1snnc1CN1CCCCCCC1. The number of nitrogens with one attached hydrogen (secondary N) is 1. The van der Waals surface area contributed by atoms with Gasteiger partial charge in [0.2, 0.25) is 0 Å². The van der Waals surface area contributed by atoms with Crippen LogP contribution in [-0.4, -0.2) is 34.1 Å². The van der Waals surface area contributed by atoms with Crippen LogP contribution in [0.5, 0.6) is 0 Å². The topological polar surface area (TPSA) is 41.1 Å². The minimum absolute atomic E-state index is 0.941. The van der Waals surface area contributed by atoms with Gasteiger partial charge in [-0.2, -0.15) is 0 Å². The molecule has 2 heterocycles. The maximum absolute atomic E-state index is 4.25. The number of hydrogen-bond donors (Lipinski definition) is 1. The van der Waals surface area contributed by atoms with Crippen molar-refractivity contribution in [1.82, 2.24) is 14.5 Å². The van der Waals surface area contributed by atoms with Crippen LogP contribution < -0.4 is 5.32 Å². The third-order valence-corrected chi connectivity index (χ3v) is 3.94. The van der Waals surface area contributed by atoms with Gasteiger partial charge in [0, 0.05) is 24.6 Å². The smallest absolute Gasteiger partial charge is 0.134 e. The van der Waals surface area contributed by atoms with E-state index in [0.29, 0.717) is 0 Å². The van der Waals surface area contributed by atoms with E-state index in [0.717, 1.165) is 23.8 Å². The van der Waals surface area contributed by atoms with E-state index < -0.39 is 0 Å². The van der Waals surface area contributed by atoms with Crippen molar-refractivity contribution in [2.75, 3.05) is 25.0 Å². The van der Waals surface area contributed by atoms with Crippen molar-refractivity contribution < 1.29 is 0 Å². The molecule has 0 bridgehead atoms. The quantitative estimate of drug-likeness (QED) is 0.897. The number of likely N-dealkylation sites (tertiary alicyclic amines) is 1. The molecule has 2 rings (SSSR count). The van der Waals surface area contributed by atoms with Gasteiger partial charge in [-0.1, -0.05) is 23.8 Å². The lowest BCUT2D eigenvalue weighted by molar-refractivity contribution is 0.237. The zero-order chi connectivity index (χ0) is 11.9. The van der Waals surface area contributed by atoms with Gasteiger partial charge in [0.1, 0.15) is 10.7 Å². The Hall–Kier alpha value is -0.680. The highest BCUT2D eigenvalue weighted by Gasteiger charge is 2.13. The van der Waals surface area contributed by atoms with Crippen LogP contribution in [0, 0.1) is 0 Å². The summed E-state index contributed by atoms with van der Waals surface area (Å²) in [6.45, 7) is 6.43. The Bertz CT molecular complexity index is 318. The maximum Gasteiger partial charge on any atom is 0.134 e. The van der Waals surface area contributed by atoms with Crippen molar-refractivity contribution in [2.45, 2.75) is 45.6 Å². The van der Waals surface area contributed by atoms with E-state index in [-0.39, 0.29) is 0 Å². The van der Waals surface area contributed by atoms with Gasteiger partial charge in [-0.05, 0) is 32.9 Å².